The summed E-state index contributed by atoms with van der Waals surface area (Å²) >= 11 is 0. The smallest absolute Gasteiger partial charge is 0.336 e. The van der Waals surface area contributed by atoms with Crippen molar-refractivity contribution >= 4 is 20.4 Å². The third-order valence-electron chi connectivity index (χ3n) is 3.71. The van der Waals surface area contributed by atoms with Gasteiger partial charge in [0.25, 0.3) is 11.8 Å². The summed E-state index contributed by atoms with van der Waals surface area (Å²) in [6, 6.07) is 0.616. The molecule has 0 aromatic rings. The van der Waals surface area contributed by atoms with E-state index < -0.39 is 8.56 Å². The Morgan fingerprint density at radius 3 is 1.76 bits per heavy atom. The zero-order chi connectivity index (χ0) is 16.0. The lowest BCUT2D eigenvalue weighted by Crippen LogP contribution is -2.44. The van der Waals surface area contributed by atoms with Gasteiger partial charge in [0.15, 0.2) is 0 Å². The van der Waals surface area contributed by atoms with Gasteiger partial charge < -0.3 is 8.85 Å². The van der Waals surface area contributed by atoms with Gasteiger partial charge >= 0.3 is 8.56 Å². The quantitative estimate of drug-likeness (QED) is 0.485. The van der Waals surface area contributed by atoms with Crippen molar-refractivity contribution in [2.24, 2.45) is 0 Å². The van der Waals surface area contributed by atoms with E-state index in [-0.39, 0.29) is 11.8 Å². The molecule has 1 aliphatic rings. The van der Waals surface area contributed by atoms with E-state index in [1.165, 1.54) is 4.90 Å². The fourth-order valence-corrected chi connectivity index (χ4v) is 4.43. The van der Waals surface area contributed by atoms with Crippen LogP contribution in [0.1, 0.15) is 40.5 Å². The lowest BCUT2D eigenvalue weighted by molar-refractivity contribution is -0.137. The lowest BCUT2D eigenvalue weighted by atomic mass is 10.2. The molecule has 2 amide bonds. The van der Waals surface area contributed by atoms with Crippen LogP contribution in [-0.4, -0.2) is 45.0 Å². The summed E-state index contributed by atoms with van der Waals surface area (Å²) in [6.45, 7) is 11.2. The maximum atomic E-state index is 12.1. The second kappa shape index (κ2) is 7.86. The van der Waals surface area contributed by atoms with Crippen molar-refractivity contribution in [3.05, 3.63) is 11.1 Å². The monoisotopic (exact) mass is 313 g/mol. The topological polar surface area (TPSA) is 55.8 Å². The predicted octanol–water partition coefficient (Wildman–Crippen LogP) is 2.62. The van der Waals surface area contributed by atoms with Gasteiger partial charge in [-0.2, -0.15) is 0 Å². The fourth-order valence-electron chi connectivity index (χ4n) is 2.16. The molecule has 0 spiro atoms. The molecule has 0 radical (unpaired) electrons. The molecule has 0 saturated heterocycles. The summed E-state index contributed by atoms with van der Waals surface area (Å²) in [5, 5.41) is 0. The fraction of sp³-hybridized carbons (Fsp3) is 0.733. The van der Waals surface area contributed by atoms with Gasteiger partial charge in [-0.25, -0.2) is 0 Å². The van der Waals surface area contributed by atoms with Crippen molar-refractivity contribution in [3.8, 4) is 0 Å². The molecule has 0 bridgehead atoms. The van der Waals surface area contributed by atoms with E-state index in [4.69, 9.17) is 8.85 Å². The summed E-state index contributed by atoms with van der Waals surface area (Å²) in [5.74, 6) is -0.361. The van der Waals surface area contributed by atoms with Gasteiger partial charge in [-0.3, -0.25) is 14.5 Å². The van der Waals surface area contributed by atoms with Gasteiger partial charge in [-0.1, -0.05) is 13.8 Å². The van der Waals surface area contributed by atoms with E-state index in [1.807, 2.05) is 6.55 Å². The Morgan fingerprint density at radius 1 is 0.952 bits per heavy atom. The molecule has 1 heterocycles. The Labute approximate surface area is 128 Å². The first kappa shape index (κ1) is 18.1. The minimum absolute atomic E-state index is 0.181. The highest BCUT2D eigenvalue weighted by Gasteiger charge is 2.37. The average Bonchev–Trinajstić information content (AvgIpc) is 2.65. The Balaban J connectivity index is 2.65. The second-order valence-electron chi connectivity index (χ2n) is 5.59. The van der Waals surface area contributed by atoms with Gasteiger partial charge in [-0.15, -0.1) is 0 Å². The van der Waals surface area contributed by atoms with Crippen LogP contribution in [0.15, 0.2) is 11.1 Å². The molecule has 21 heavy (non-hydrogen) atoms. The molecule has 0 aliphatic carbocycles. The summed E-state index contributed by atoms with van der Waals surface area (Å²) in [5.41, 5.74) is 1.10. The molecule has 0 fully saturated rings. The normalized spacial score (nSPS) is 16.3. The first-order valence-electron chi connectivity index (χ1n) is 7.68. The van der Waals surface area contributed by atoms with Crippen LogP contribution >= 0.6 is 0 Å². The van der Waals surface area contributed by atoms with Crippen LogP contribution in [0.2, 0.25) is 12.6 Å². The molecule has 0 saturated carbocycles. The minimum atomic E-state index is -2.33. The molecule has 0 aromatic carbocycles. The van der Waals surface area contributed by atoms with Gasteiger partial charge in [0.1, 0.15) is 0 Å². The second-order valence-corrected chi connectivity index (χ2v) is 8.94. The molecule has 0 N–H and O–H groups in total. The molecule has 5 nitrogen and oxygen atoms in total. The molecule has 0 unspecified atom stereocenters. The number of imide groups is 1. The van der Waals surface area contributed by atoms with Crippen molar-refractivity contribution in [2.75, 3.05) is 19.8 Å². The Kier molecular flexibility index (Phi) is 6.77. The largest absolute Gasteiger partial charge is 0.394 e. The highest BCUT2D eigenvalue weighted by molar-refractivity contribution is 6.66. The van der Waals surface area contributed by atoms with Crippen molar-refractivity contribution in [1.29, 1.82) is 0 Å². The molecular formula is C15H27NO4Si. The molecule has 6 heteroatoms. The summed E-state index contributed by atoms with van der Waals surface area (Å²) in [6.07, 6.45) is 1.86. The van der Waals surface area contributed by atoms with E-state index in [1.54, 1.807) is 13.8 Å². The summed E-state index contributed by atoms with van der Waals surface area (Å²) in [4.78, 5) is 25.4. The minimum Gasteiger partial charge on any atom is -0.394 e. The van der Waals surface area contributed by atoms with Crippen LogP contribution in [0.4, 0.5) is 0 Å². The Morgan fingerprint density at radius 2 is 1.38 bits per heavy atom. The lowest BCUT2D eigenvalue weighted by Gasteiger charge is -2.28. The first-order chi connectivity index (χ1) is 9.86. The molecule has 0 atom stereocenters. The number of hydrogen-bond acceptors (Lipinski definition) is 4. The first-order valence-corrected chi connectivity index (χ1v) is 10.2. The number of rotatable bonds is 9. The predicted molar refractivity (Wildman–Crippen MR) is 84.0 cm³/mol. The maximum absolute atomic E-state index is 12.1. The SMILES string of the molecule is CCCO[Si](C)(CCN1C(=O)C(C)=C(C)C1=O)OCCC. The number of carbonyl (C=O) groups is 2. The van der Waals surface area contributed by atoms with E-state index >= 15 is 0 Å². The van der Waals surface area contributed by atoms with Crippen LogP contribution in [0.3, 0.4) is 0 Å². The molecular weight excluding hydrogens is 286 g/mol. The molecule has 1 aliphatic heterocycles. The highest BCUT2D eigenvalue weighted by atomic mass is 28.4. The van der Waals surface area contributed by atoms with E-state index in [2.05, 4.69) is 13.8 Å². The zero-order valence-electron chi connectivity index (χ0n) is 13.8. The zero-order valence-corrected chi connectivity index (χ0v) is 14.8. The van der Waals surface area contributed by atoms with Crippen LogP contribution in [0, 0.1) is 0 Å². The summed E-state index contributed by atoms with van der Waals surface area (Å²) < 4.78 is 11.8. The number of hydrogen-bond donors (Lipinski definition) is 0. The summed E-state index contributed by atoms with van der Waals surface area (Å²) in [7, 11) is -2.33. The van der Waals surface area contributed by atoms with E-state index in [9.17, 15) is 9.59 Å². The van der Waals surface area contributed by atoms with Crippen molar-refractivity contribution < 1.29 is 18.4 Å². The van der Waals surface area contributed by atoms with E-state index in [0.717, 1.165) is 12.8 Å². The van der Waals surface area contributed by atoms with Gasteiger partial charge in [-0.05, 0) is 33.2 Å². The molecule has 120 valence electrons. The molecule has 1 rings (SSSR count). The number of nitrogens with zero attached hydrogens (tertiary/aromatic N) is 1. The Bertz CT molecular complexity index is 401. The van der Waals surface area contributed by atoms with Gasteiger partial charge in [0.05, 0.1) is 0 Å². The Hall–Kier alpha value is -0.983. The van der Waals surface area contributed by atoms with Crippen LogP contribution in [0.25, 0.3) is 0 Å². The molecule has 0 aromatic heterocycles. The van der Waals surface area contributed by atoms with Crippen LogP contribution in [-0.2, 0) is 18.4 Å². The van der Waals surface area contributed by atoms with Crippen molar-refractivity contribution in [2.45, 2.75) is 53.1 Å². The average molecular weight is 313 g/mol. The van der Waals surface area contributed by atoms with Gasteiger partial charge in [0, 0.05) is 36.9 Å². The highest BCUT2D eigenvalue weighted by Crippen LogP contribution is 2.22. The third-order valence-corrected chi connectivity index (χ3v) is 6.47. The maximum Gasteiger partial charge on any atom is 0.336 e. The van der Waals surface area contributed by atoms with Crippen molar-refractivity contribution in [3.63, 3.8) is 0 Å². The van der Waals surface area contributed by atoms with Gasteiger partial charge in [0.2, 0.25) is 0 Å². The number of carbonyl (C=O) groups excluding carboxylic acids is 2. The van der Waals surface area contributed by atoms with Crippen LogP contribution in [0.5, 0.6) is 0 Å². The van der Waals surface area contributed by atoms with Crippen molar-refractivity contribution in [1.82, 2.24) is 4.90 Å². The standard InChI is InChI=1S/C15H27NO4Si/c1-6-9-19-21(5,20-10-7-2)11-8-16-14(17)12(3)13(4)15(16)18/h6-11H2,1-5H3. The third kappa shape index (κ3) is 4.49. The van der Waals surface area contributed by atoms with Crippen LogP contribution < -0.4 is 0 Å². The van der Waals surface area contributed by atoms with E-state index in [0.29, 0.717) is 36.9 Å². The number of amides is 2.